The van der Waals surface area contributed by atoms with Gasteiger partial charge in [0.05, 0.1) is 14.2 Å². The minimum atomic E-state index is -0.644. The molecule has 1 aliphatic rings. The zero-order valence-electron chi connectivity index (χ0n) is 13.9. The van der Waals surface area contributed by atoms with Crippen molar-refractivity contribution in [1.29, 1.82) is 0 Å². The Balaban J connectivity index is 2.30. The lowest BCUT2D eigenvalue weighted by molar-refractivity contribution is -0.138. The Morgan fingerprint density at radius 3 is 2.52 bits per heavy atom. The van der Waals surface area contributed by atoms with Crippen molar-refractivity contribution in [1.82, 2.24) is 0 Å². The number of rotatable bonds is 5. The molecule has 1 aliphatic carbocycles. The van der Waals surface area contributed by atoms with Crippen LogP contribution in [0.15, 0.2) is 24.2 Å². The van der Waals surface area contributed by atoms with Crippen molar-refractivity contribution >= 4 is 5.97 Å². The molecular weight excluding hydrogens is 299 g/mol. The first kappa shape index (κ1) is 17.3. The summed E-state index contributed by atoms with van der Waals surface area (Å²) in [5.41, 5.74) is 1.28. The Bertz CT molecular complexity index is 589. The van der Waals surface area contributed by atoms with Gasteiger partial charge in [0.1, 0.15) is 17.8 Å². The molecule has 0 heterocycles. The van der Waals surface area contributed by atoms with Gasteiger partial charge in [-0.05, 0) is 48.9 Å². The van der Waals surface area contributed by atoms with Crippen LogP contribution in [0, 0.1) is 12.7 Å². The van der Waals surface area contributed by atoms with Crippen LogP contribution < -0.4 is 4.74 Å². The summed E-state index contributed by atoms with van der Waals surface area (Å²) in [5.74, 6) is -0.272. The van der Waals surface area contributed by atoms with E-state index in [0.717, 1.165) is 25.7 Å². The average molecular weight is 322 g/mol. The molecule has 0 N–H and O–H groups in total. The second-order valence-corrected chi connectivity index (χ2v) is 5.79. The van der Waals surface area contributed by atoms with Gasteiger partial charge in [-0.2, -0.15) is 0 Å². The summed E-state index contributed by atoms with van der Waals surface area (Å²) in [6.07, 6.45) is 6.58. The molecule has 0 saturated heterocycles. The smallest absolute Gasteiger partial charge is 0.377 e. The van der Waals surface area contributed by atoms with Gasteiger partial charge in [0.2, 0.25) is 5.76 Å². The Morgan fingerprint density at radius 1 is 1.22 bits per heavy atom. The van der Waals surface area contributed by atoms with E-state index in [-0.39, 0.29) is 17.5 Å². The number of benzene rings is 1. The van der Waals surface area contributed by atoms with Gasteiger partial charge in [-0.1, -0.05) is 19.3 Å². The highest BCUT2D eigenvalue weighted by Crippen LogP contribution is 2.37. The number of aryl methyl sites for hydroxylation is 1. The fourth-order valence-electron chi connectivity index (χ4n) is 2.94. The summed E-state index contributed by atoms with van der Waals surface area (Å²) in [6, 6.07) is 3.16. The summed E-state index contributed by atoms with van der Waals surface area (Å²) in [5, 5.41) is 0. The lowest BCUT2D eigenvalue weighted by Gasteiger charge is -2.23. The third-order valence-corrected chi connectivity index (χ3v) is 4.17. The second kappa shape index (κ2) is 7.99. The quantitative estimate of drug-likeness (QED) is 0.462. The topological polar surface area (TPSA) is 44.8 Å². The lowest BCUT2D eigenvalue weighted by Crippen LogP contribution is -2.13. The summed E-state index contributed by atoms with van der Waals surface area (Å²) >= 11 is 0. The molecule has 0 atom stereocenters. The molecule has 0 bridgehead atoms. The van der Waals surface area contributed by atoms with Crippen LogP contribution in [0.25, 0.3) is 0 Å². The highest BCUT2D eigenvalue weighted by Gasteiger charge is 2.22. The predicted octanol–water partition coefficient (Wildman–Crippen LogP) is 4.22. The number of hydrogen-bond acceptors (Lipinski definition) is 4. The molecule has 5 heteroatoms. The second-order valence-electron chi connectivity index (χ2n) is 5.79. The van der Waals surface area contributed by atoms with Gasteiger partial charge in [0.15, 0.2) is 0 Å². The van der Waals surface area contributed by atoms with Crippen molar-refractivity contribution in [2.75, 3.05) is 14.2 Å². The summed E-state index contributed by atoms with van der Waals surface area (Å²) in [7, 11) is 2.68. The van der Waals surface area contributed by atoms with E-state index < -0.39 is 5.97 Å². The molecule has 0 radical (unpaired) electrons. The van der Waals surface area contributed by atoms with Gasteiger partial charge in [0.25, 0.3) is 0 Å². The standard InChI is InChI=1S/C18H23FO4/c1-12-9-15(19)14(13-7-5-4-6-8-13)10-16(12)23-17(11-21-2)18(20)22-3/h9-11,13H,4-8H2,1-3H3/b17-11-. The lowest BCUT2D eigenvalue weighted by atomic mass is 9.83. The van der Waals surface area contributed by atoms with E-state index >= 15 is 0 Å². The third-order valence-electron chi connectivity index (χ3n) is 4.17. The van der Waals surface area contributed by atoms with Crippen LogP contribution in [0.5, 0.6) is 5.75 Å². The van der Waals surface area contributed by atoms with Gasteiger partial charge < -0.3 is 14.2 Å². The van der Waals surface area contributed by atoms with Crippen molar-refractivity contribution in [3.05, 3.63) is 41.1 Å². The monoisotopic (exact) mass is 322 g/mol. The Hall–Kier alpha value is -2.04. The Morgan fingerprint density at radius 2 is 1.91 bits per heavy atom. The molecule has 1 saturated carbocycles. The van der Waals surface area contributed by atoms with Crippen molar-refractivity contribution in [3.8, 4) is 5.75 Å². The highest BCUT2D eigenvalue weighted by molar-refractivity contribution is 5.86. The van der Waals surface area contributed by atoms with Gasteiger partial charge in [-0.25, -0.2) is 9.18 Å². The highest BCUT2D eigenvalue weighted by atomic mass is 19.1. The molecule has 2 rings (SSSR count). The number of ether oxygens (including phenoxy) is 3. The van der Waals surface area contributed by atoms with E-state index in [4.69, 9.17) is 9.47 Å². The van der Waals surface area contributed by atoms with Crippen molar-refractivity contribution in [2.24, 2.45) is 0 Å². The van der Waals surface area contributed by atoms with Crippen LogP contribution in [0.3, 0.4) is 0 Å². The molecule has 0 aromatic heterocycles. The van der Waals surface area contributed by atoms with Gasteiger partial charge in [-0.15, -0.1) is 0 Å². The zero-order chi connectivity index (χ0) is 16.8. The minimum absolute atomic E-state index is 0.0701. The first-order chi connectivity index (χ1) is 11.1. The molecule has 0 amide bonds. The van der Waals surface area contributed by atoms with Crippen molar-refractivity contribution in [2.45, 2.75) is 44.9 Å². The molecule has 0 spiro atoms. The minimum Gasteiger partial charge on any atom is -0.500 e. The molecule has 1 aromatic rings. The van der Waals surface area contributed by atoms with Crippen molar-refractivity contribution in [3.63, 3.8) is 0 Å². The first-order valence-electron chi connectivity index (χ1n) is 7.86. The number of halogens is 1. The molecule has 1 fully saturated rings. The number of carbonyl (C=O) groups is 1. The maximum absolute atomic E-state index is 14.3. The largest absolute Gasteiger partial charge is 0.500 e. The van der Waals surface area contributed by atoms with Crippen LogP contribution in [0.1, 0.15) is 49.1 Å². The molecule has 0 unspecified atom stereocenters. The maximum Gasteiger partial charge on any atom is 0.377 e. The zero-order valence-corrected chi connectivity index (χ0v) is 13.9. The molecular formula is C18H23FO4. The van der Waals surface area contributed by atoms with E-state index in [9.17, 15) is 9.18 Å². The number of methoxy groups -OCH3 is 2. The summed E-state index contributed by atoms with van der Waals surface area (Å²) in [4.78, 5) is 11.7. The molecule has 126 valence electrons. The Labute approximate surface area is 136 Å². The average Bonchev–Trinajstić information content (AvgIpc) is 2.56. The van der Waals surface area contributed by atoms with Gasteiger partial charge in [0, 0.05) is 0 Å². The molecule has 23 heavy (non-hydrogen) atoms. The fourth-order valence-corrected chi connectivity index (χ4v) is 2.94. The van der Waals surface area contributed by atoms with Gasteiger partial charge in [-0.3, -0.25) is 0 Å². The Kier molecular flexibility index (Phi) is 6.02. The summed E-state index contributed by atoms with van der Waals surface area (Å²) in [6.45, 7) is 1.74. The van der Waals surface area contributed by atoms with Crippen molar-refractivity contribution < 1.29 is 23.4 Å². The first-order valence-corrected chi connectivity index (χ1v) is 7.86. The van der Waals surface area contributed by atoms with Crippen LogP contribution in [-0.4, -0.2) is 20.2 Å². The van der Waals surface area contributed by atoms with E-state index in [0.29, 0.717) is 16.9 Å². The third kappa shape index (κ3) is 4.24. The van der Waals surface area contributed by atoms with Gasteiger partial charge >= 0.3 is 5.97 Å². The summed E-state index contributed by atoms with van der Waals surface area (Å²) < 4.78 is 29.5. The molecule has 1 aromatic carbocycles. The van der Waals surface area contributed by atoms with E-state index in [1.165, 1.54) is 33.0 Å². The maximum atomic E-state index is 14.3. The molecule has 4 nitrogen and oxygen atoms in total. The number of hydrogen-bond donors (Lipinski definition) is 0. The predicted molar refractivity (Wildman–Crippen MR) is 84.7 cm³/mol. The van der Waals surface area contributed by atoms with Crippen LogP contribution in [0.2, 0.25) is 0 Å². The van der Waals surface area contributed by atoms with E-state index in [1.54, 1.807) is 13.0 Å². The number of esters is 1. The number of carbonyl (C=O) groups excluding carboxylic acids is 1. The normalized spacial score (nSPS) is 16.1. The van der Waals surface area contributed by atoms with Crippen LogP contribution >= 0.6 is 0 Å². The SMILES string of the molecule is CO/C=C(\Oc1cc(C2CCCCC2)c(F)cc1C)C(=O)OC. The fraction of sp³-hybridized carbons (Fsp3) is 0.500. The van der Waals surface area contributed by atoms with Crippen LogP contribution in [-0.2, 0) is 14.3 Å². The van der Waals surface area contributed by atoms with E-state index in [1.807, 2.05) is 0 Å². The molecule has 0 aliphatic heterocycles. The van der Waals surface area contributed by atoms with Crippen LogP contribution in [0.4, 0.5) is 4.39 Å². The van der Waals surface area contributed by atoms with E-state index in [2.05, 4.69) is 4.74 Å².